The van der Waals surface area contributed by atoms with Crippen molar-refractivity contribution < 1.29 is 5.11 Å². The first kappa shape index (κ1) is 12.9. The van der Waals surface area contributed by atoms with E-state index >= 15 is 0 Å². The monoisotopic (exact) mass is 245 g/mol. The molecule has 4 heteroatoms. The Morgan fingerprint density at radius 3 is 2.78 bits per heavy atom. The normalized spacial score (nSPS) is 18.2. The molecular formula is C14H19N3O. The van der Waals surface area contributed by atoms with Crippen LogP contribution in [-0.4, -0.2) is 36.2 Å². The fourth-order valence-corrected chi connectivity index (χ4v) is 2.59. The van der Waals surface area contributed by atoms with Crippen LogP contribution in [0.2, 0.25) is 0 Å². The average molecular weight is 245 g/mol. The lowest BCUT2D eigenvalue weighted by atomic mass is 9.98. The van der Waals surface area contributed by atoms with E-state index in [1.165, 1.54) is 0 Å². The number of hydrogen-bond acceptors (Lipinski definition) is 4. The molecule has 2 rings (SSSR count). The smallest absolute Gasteiger partial charge is 0.138 e. The molecule has 0 aromatic heterocycles. The van der Waals surface area contributed by atoms with Crippen LogP contribution in [0, 0.1) is 11.3 Å². The van der Waals surface area contributed by atoms with Gasteiger partial charge in [-0.15, -0.1) is 0 Å². The van der Waals surface area contributed by atoms with Gasteiger partial charge in [0.25, 0.3) is 0 Å². The number of hydrogen-bond donors (Lipinski definition) is 2. The van der Waals surface area contributed by atoms with Crippen molar-refractivity contribution in [2.24, 2.45) is 0 Å². The highest BCUT2D eigenvalue weighted by Gasteiger charge is 2.23. The van der Waals surface area contributed by atoms with Crippen LogP contribution in [0.1, 0.15) is 30.5 Å². The number of phenolic OH excluding ortho intramolecular Hbond substituents is 1. The van der Waals surface area contributed by atoms with Gasteiger partial charge < -0.3 is 10.4 Å². The molecule has 0 amide bonds. The molecule has 1 aromatic rings. The number of nitrogens with one attached hydrogen (secondary N) is 1. The number of rotatable bonds is 3. The zero-order valence-corrected chi connectivity index (χ0v) is 10.7. The molecule has 18 heavy (non-hydrogen) atoms. The zero-order valence-electron chi connectivity index (χ0n) is 10.7. The molecule has 1 heterocycles. The predicted octanol–water partition coefficient (Wildman–Crippen LogP) is 1.62. The fraction of sp³-hybridized carbons (Fsp3) is 0.500. The predicted molar refractivity (Wildman–Crippen MR) is 70.3 cm³/mol. The minimum Gasteiger partial charge on any atom is -0.506 e. The SMILES string of the molecule is CC[C@H](c1cccc(C#N)c1O)N1CCNCC1. The second kappa shape index (κ2) is 5.85. The largest absolute Gasteiger partial charge is 0.506 e. The number of para-hydroxylation sites is 1. The summed E-state index contributed by atoms with van der Waals surface area (Å²) in [5.41, 5.74) is 1.24. The lowest BCUT2D eigenvalue weighted by Crippen LogP contribution is -2.45. The van der Waals surface area contributed by atoms with Crippen LogP contribution in [0.25, 0.3) is 0 Å². The molecule has 1 aliphatic heterocycles. The van der Waals surface area contributed by atoms with Gasteiger partial charge in [0.1, 0.15) is 11.8 Å². The van der Waals surface area contributed by atoms with E-state index in [9.17, 15) is 5.11 Å². The molecule has 0 saturated carbocycles. The molecule has 1 aliphatic rings. The summed E-state index contributed by atoms with van der Waals surface area (Å²) in [6.07, 6.45) is 0.933. The van der Waals surface area contributed by atoms with E-state index in [0.717, 1.165) is 38.2 Å². The van der Waals surface area contributed by atoms with Crippen molar-refractivity contribution in [2.75, 3.05) is 26.2 Å². The van der Waals surface area contributed by atoms with E-state index in [1.807, 2.05) is 18.2 Å². The van der Waals surface area contributed by atoms with E-state index in [4.69, 9.17) is 5.26 Å². The maximum absolute atomic E-state index is 10.2. The number of phenols is 1. The third-order valence-corrected chi connectivity index (χ3v) is 3.53. The highest BCUT2D eigenvalue weighted by molar-refractivity contribution is 5.48. The van der Waals surface area contributed by atoms with Gasteiger partial charge in [0.2, 0.25) is 0 Å². The first-order valence-corrected chi connectivity index (χ1v) is 6.44. The molecule has 1 aromatic carbocycles. The van der Waals surface area contributed by atoms with E-state index in [0.29, 0.717) is 5.56 Å². The van der Waals surface area contributed by atoms with Gasteiger partial charge in [-0.05, 0) is 12.5 Å². The second-order valence-corrected chi connectivity index (χ2v) is 4.57. The van der Waals surface area contributed by atoms with Crippen LogP contribution in [0.3, 0.4) is 0 Å². The molecular weight excluding hydrogens is 226 g/mol. The minimum absolute atomic E-state index is 0.144. The second-order valence-electron chi connectivity index (χ2n) is 4.57. The molecule has 1 saturated heterocycles. The summed E-state index contributed by atoms with van der Waals surface area (Å²) in [6, 6.07) is 7.66. The standard InChI is InChI=1S/C14H19N3O/c1-2-13(17-8-6-16-7-9-17)12-5-3-4-11(10-15)14(12)18/h3-5,13,16,18H,2,6-9H2,1H3/t13-/m1/s1. The van der Waals surface area contributed by atoms with Crippen LogP contribution in [-0.2, 0) is 0 Å². The summed E-state index contributed by atoms with van der Waals surface area (Å²) < 4.78 is 0. The van der Waals surface area contributed by atoms with Gasteiger partial charge in [-0.1, -0.05) is 19.1 Å². The molecule has 1 fully saturated rings. The summed E-state index contributed by atoms with van der Waals surface area (Å²) in [7, 11) is 0. The molecule has 96 valence electrons. The molecule has 2 N–H and O–H groups in total. The van der Waals surface area contributed by atoms with Crippen molar-refractivity contribution in [3.63, 3.8) is 0 Å². The minimum atomic E-state index is 0.144. The lowest BCUT2D eigenvalue weighted by molar-refractivity contribution is 0.167. The maximum Gasteiger partial charge on any atom is 0.138 e. The lowest BCUT2D eigenvalue weighted by Gasteiger charge is -2.35. The maximum atomic E-state index is 10.2. The van der Waals surface area contributed by atoms with Crippen LogP contribution in [0.15, 0.2) is 18.2 Å². The van der Waals surface area contributed by atoms with Crippen LogP contribution < -0.4 is 5.32 Å². The Morgan fingerprint density at radius 1 is 1.44 bits per heavy atom. The Kier molecular flexibility index (Phi) is 4.19. The zero-order chi connectivity index (χ0) is 13.0. The number of nitriles is 1. The Morgan fingerprint density at radius 2 is 2.17 bits per heavy atom. The van der Waals surface area contributed by atoms with Crippen LogP contribution >= 0.6 is 0 Å². The topological polar surface area (TPSA) is 59.3 Å². The van der Waals surface area contributed by atoms with Gasteiger partial charge in [-0.25, -0.2) is 0 Å². The van der Waals surface area contributed by atoms with Crippen LogP contribution in [0.5, 0.6) is 5.75 Å². The summed E-state index contributed by atoms with van der Waals surface area (Å²) in [5, 5.41) is 22.5. The molecule has 0 spiro atoms. The molecule has 0 aliphatic carbocycles. The van der Waals surface area contributed by atoms with Gasteiger partial charge in [0.05, 0.1) is 5.56 Å². The third-order valence-electron chi connectivity index (χ3n) is 3.53. The molecule has 0 unspecified atom stereocenters. The van der Waals surface area contributed by atoms with E-state index in [-0.39, 0.29) is 11.8 Å². The van der Waals surface area contributed by atoms with Gasteiger partial charge in [0, 0.05) is 37.8 Å². The van der Waals surface area contributed by atoms with Crippen molar-refractivity contribution in [3.8, 4) is 11.8 Å². The average Bonchev–Trinajstić information content (AvgIpc) is 2.43. The van der Waals surface area contributed by atoms with Gasteiger partial charge in [-0.3, -0.25) is 4.90 Å². The quantitative estimate of drug-likeness (QED) is 0.849. The van der Waals surface area contributed by atoms with E-state index in [2.05, 4.69) is 17.1 Å². The summed E-state index contributed by atoms with van der Waals surface area (Å²) in [4.78, 5) is 2.37. The Balaban J connectivity index is 2.29. The number of nitrogens with zero attached hydrogens (tertiary/aromatic N) is 2. The molecule has 4 nitrogen and oxygen atoms in total. The first-order chi connectivity index (χ1) is 8.77. The first-order valence-electron chi connectivity index (χ1n) is 6.44. The molecule has 1 atom stereocenters. The number of piperazine rings is 1. The molecule has 0 radical (unpaired) electrons. The van der Waals surface area contributed by atoms with Crippen molar-refractivity contribution in [1.29, 1.82) is 5.26 Å². The van der Waals surface area contributed by atoms with Gasteiger partial charge >= 0.3 is 0 Å². The van der Waals surface area contributed by atoms with Crippen molar-refractivity contribution in [2.45, 2.75) is 19.4 Å². The molecule has 0 bridgehead atoms. The fourth-order valence-electron chi connectivity index (χ4n) is 2.59. The Hall–Kier alpha value is -1.57. The van der Waals surface area contributed by atoms with Gasteiger partial charge in [-0.2, -0.15) is 5.26 Å². The summed E-state index contributed by atoms with van der Waals surface area (Å²) in [5.74, 6) is 0.144. The van der Waals surface area contributed by atoms with Gasteiger partial charge in [0.15, 0.2) is 0 Å². The van der Waals surface area contributed by atoms with Crippen LogP contribution in [0.4, 0.5) is 0 Å². The number of aromatic hydroxyl groups is 1. The van der Waals surface area contributed by atoms with E-state index < -0.39 is 0 Å². The Labute approximate surface area is 108 Å². The number of benzene rings is 1. The van der Waals surface area contributed by atoms with E-state index in [1.54, 1.807) is 6.07 Å². The highest BCUT2D eigenvalue weighted by Crippen LogP contribution is 2.33. The third kappa shape index (κ3) is 2.47. The van der Waals surface area contributed by atoms with Crippen molar-refractivity contribution >= 4 is 0 Å². The summed E-state index contributed by atoms with van der Waals surface area (Å²) >= 11 is 0. The summed E-state index contributed by atoms with van der Waals surface area (Å²) in [6.45, 7) is 6.04. The Bertz CT molecular complexity index is 447. The highest BCUT2D eigenvalue weighted by atomic mass is 16.3. The van der Waals surface area contributed by atoms with Crippen molar-refractivity contribution in [1.82, 2.24) is 10.2 Å². The van der Waals surface area contributed by atoms with Crippen molar-refractivity contribution in [3.05, 3.63) is 29.3 Å².